The van der Waals surface area contributed by atoms with E-state index in [0.717, 1.165) is 6.54 Å². The number of rotatable bonds is 24. The van der Waals surface area contributed by atoms with Crippen molar-refractivity contribution in [3.8, 4) is 0 Å². The van der Waals surface area contributed by atoms with Crippen molar-refractivity contribution >= 4 is 17.6 Å². The van der Waals surface area contributed by atoms with Gasteiger partial charge in [-0.3, -0.25) is 19.3 Å². The fraction of sp³-hybridized carbons (Fsp3) is 0.900. The summed E-state index contributed by atoms with van der Waals surface area (Å²) in [4.78, 5) is 39.0. The largest absolute Gasteiger partial charge is 0.394 e. The van der Waals surface area contributed by atoms with Gasteiger partial charge < -0.3 is 34.7 Å². The second-order valence-corrected chi connectivity index (χ2v) is 12.7. The van der Waals surface area contributed by atoms with E-state index in [0.29, 0.717) is 32.7 Å². The first-order valence-electron chi connectivity index (χ1n) is 14.9. The Labute approximate surface area is 248 Å². The van der Waals surface area contributed by atoms with E-state index in [2.05, 4.69) is 10.6 Å². The molecule has 0 bridgehead atoms. The Morgan fingerprint density at radius 1 is 0.854 bits per heavy atom. The molecule has 41 heavy (non-hydrogen) atoms. The van der Waals surface area contributed by atoms with E-state index in [1.54, 1.807) is 0 Å². The third-order valence-corrected chi connectivity index (χ3v) is 6.26. The lowest BCUT2D eigenvalue weighted by molar-refractivity contribution is -0.129. The van der Waals surface area contributed by atoms with Crippen LogP contribution in [0.3, 0.4) is 0 Å². The van der Waals surface area contributed by atoms with E-state index in [9.17, 15) is 19.5 Å². The molecule has 0 spiro atoms. The maximum Gasteiger partial charge on any atom is 0.223 e. The molecular weight excluding hydrogens is 530 g/mol. The first kappa shape index (κ1) is 39.4. The van der Waals surface area contributed by atoms with E-state index in [-0.39, 0.29) is 74.8 Å². The van der Waals surface area contributed by atoms with Gasteiger partial charge in [0.05, 0.1) is 64.1 Å². The lowest BCUT2D eigenvalue weighted by Crippen LogP contribution is -2.58. The van der Waals surface area contributed by atoms with Gasteiger partial charge in [-0.15, -0.1) is 0 Å². The molecule has 0 aromatic rings. The van der Waals surface area contributed by atoms with Crippen LogP contribution in [0.4, 0.5) is 0 Å². The normalized spacial score (nSPS) is 13.9. The minimum absolute atomic E-state index is 0.0313. The van der Waals surface area contributed by atoms with Crippen LogP contribution in [-0.2, 0) is 33.3 Å². The minimum atomic E-state index is -1.18. The molecule has 0 saturated heterocycles. The number of carbonyl (C=O) groups excluding carboxylic acids is 3. The van der Waals surface area contributed by atoms with Gasteiger partial charge in [-0.25, -0.2) is 0 Å². The van der Waals surface area contributed by atoms with Gasteiger partial charge in [0, 0.05) is 25.7 Å². The molecule has 2 amide bonds. The number of nitrogens with zero attached hydrogens (tertiary/aromatic N) is 1. The third-order valence-electron chi connectivity index (χ3n) is 6.26. The molecule has 0 aliphatic heterocycles. The average Bonchev–Trinajstić information content (AvgIpc) is 2.87. The van der Waals surface area contributed by atoms with Gasteiger partial charge in [0.25, 0.3) is 0 Å². The number of ether oxygens (including phenoxy) is 4. The molecule has 1 atom stereocenters. The van der Waals surface area contributed by atoms with Gasteiger partial charge in [0.15, 0.2) is 0 Å². The fourth-order valence-electron chi connectivity index (χ4n) is 3.57. The second-order valence-electron chi connectivity index (χ2n) is 12.7. The lowest BCUT2D eigenvalue weighted by atomic mass is 9.99. The van der Waals surface area contributed by atoms with E-state index in [4.69, 9.17) is 18.9 Å². The summed E-state index contributed by atoms with van der Waals surface area (Å²) in [6.07, 6.45) is 1.57. The highest BCUT2D eigenvalue weighted by molar-refractivity contribution is 5.78. The van der Waals surface area contributed by atoms with Crippen molar-refractivity contribution in [3.05, 3.63) is 0 Å². The van der Waals surface area contributed by atoms with Gasteiger partial charge in [0.1, 0.15) is 11.3 Å². The number of hydrogen-bond donors (Lipinski definition) is 3. The Morgan fingerprint density at radius 3 is 1.98 bits per heavy atom. The summed E-state index contributed by atoms with van der Waals surface area (Å²) in [7, 11) is 1.90. The Bertz CT molecular complexity index is 755. The summed E-state index contributed by atoms with van der Waals surface area (Å²) in [6, 6.07) is 0. The van der Waals surface area contributed by atoms with Crippen LogP contribution < -0.4 is 10.6 Å². The van der Waals surface area contributed by atoms with Crippen LogP contribution in [0.1, 0.15) is 87.5 Å². The zero-order chi connectivity index (χ0) is 31.5. The number of aliphatic hydroxyl groups is 1. The quantitative estimate of drug-likeness (QED) is 0.115. The maximum atomic E-state index is 12.5. The van der Waals surface area contributed by atoms with E-state index >= 15 is 0 Å². The molecule has 11 nitrogen and oxygen atoms in total. The van der Waals surface area contributed by atoms with Crippen LogP contribution >= 0.6 is 0 Å². The minimum Gasteiger partial charge on any atom is -0.394 e. The summed E-state index contributed by atoms with van der Waals surface area (Å²) >= 11 is 0. The predicted octanol–water partition coefficient (Wildman–Crippen LogP) is 2.68. The zero-order valence-electron chi connectivity index (χ0n) is 27.2. The van der Waals surface area contributed by atoms with Gasteiger partial charge in [0.2, 0.25) is 11.8 Å². The molecule has 0 fully saturated rings. The Hall–Kier alpha value is -1.63. The number of ketones is 1. The number of nitrogens with one attached hydrogen (secondary N) is 2. The lowest BCUT2D eigenvalue weighted by Gasteiger charge is -2.33. The molecule has 0 radical (unpaired) electrons. The highest BCUT2D eigenvalue weighted by Gasteiger charge is 2.33. The number of amides is 2. The Kier molecular flexibility index (Phi) is 19.5. The average molecular weight is 590 g/mol. The van der Waals surface area contributed by atoms with Crippen LogP contribution in [0.25, 0.3) is 0 Å². The molecule has 0 aromatic heterocycles. The highest BCUT2D eigenvalue weighted by atomic mass is 16.5. The standard InChI is InChI=1S/C30H59N3O8/c1-10-33(9)23-31-26(36)13-16-39-22-30(20-34,32-27(37)19-24(2)3)21-38-15-12-25(35)11-14-29(7,8)41-18-17-40-28(4,5)6/h24,34H,10-23H2,1-9H3,(H,31,36)(H,32,37). The van der Waals surface area contributed by atoms with Crippen LogP contribution in [-0.4, -0.2) is 111 Å². The second kappa shape index (κ2) is 20.3. The molecular formula is C30H59N3O8. The van der Waals surface area contributed by atoms with Crippen molar-refractivity contribution in [1.82, 2.24) is 15.5 Å². The van der Waals surface area contributed by atoms with Gasteiger partial charge >= 0.3 is 0 Å². The third kappa shape index (κ3) is 21.7. The molecule has 3 N–H and O–H groups in total. The molecule has 242 valence electrons. The maximum absolute atomic E-state index is 12.5. The van der Waals surface area contributed by atoms with Gasteiger partial charge in [-0.2, -0.15) is 0 Å². The van der Waals surface area contributed by atoms with E-state index in [1.807, 2.05) is 67.3 Å². The zero-order valence-corrected chi connectivity index (χ0v) is 27.2. The number of hydrogen-bond acceptors (Lipinski definition) is 9. The molecule has 0 aliphatic rings. The van der Waals surface area contributed by atoms with Crippen molar-refractivity contribution in [2.45, 2.75) is 104 Å². The SMILES string of the molecule is CCN(C)CNC(=O)CCOCC(CO)(COCCC(=O)CCC(C)(C)OCCOC(C)(C)C)NC(=O)CC(C)C. The highest BCUT2D eigenvalue weighted by Crippen LogP contribution is 2.18. The predicted molar refractivity (Wildman–Crippen MR) is 160 cm³/mol. The Morgan fingerprint density at radius 2 is 1.44 bits per heavy atom. The first-order chi connectivity index (χ1) is 19.0. The molecule has 0 saturated carbocycles. The monoisotopic (exact) mass is 589 g/mol. The van der Waals surface area contributed by atoms with Crippen LogP contribution in [0.15, 0.2) is 0 Å². The van der Waals surface area contributed by atoms with Crippen molar-refractivity contribution < 1.29 is 38.4 Å². The van der Waals surface area contributed by atoms with Crippen LogP contribution in [0, 0.1) is 5.92 Å². The summed E-state index contributed by atoms with van der Waals surface area (Å²) in [5, 5.41) is 15.9. The molecule has 1 unspecified atom stereocenters. The van der Waals surface area contributed by atoms with Crippen molar-refractivity contribution in [2.75, 3.05) is 66.5 Å². The molecule has 0 aromatic carbocycles. The summed E-state index contributed by atoms with van der Waals surface area (Å²) in [5.41, 5.74) is -1.86. The van der Waals surface area contributed by atoms with Crippen molar-refractivity contribution in [1.29, 1.82) is 0 Å². The Balaban J connectivity index is 4.70. The van der Waals surface area contributed by atoms with Crippen LogP contribution in [0.2, 0.25) is 0 Å². The van der Waals surface area contributed by atoms with Crippen molar-refractivity contribution in [2.24, 2.45) is 5.92 Å². The summed E-state index contributed by atoms with van der Waals surface area (Å²) < 4.78 is 23.0. The topological polar surface area (TPSA) is 136 Å². The first-order valence-corrected chi connectivity index (χ1v) is 14.9. The van der Waals surface area contributed by atoms with Gasteiger partial charge in [-0.05, 0) is 60.5 Å². The summed E-state index contributed by atoms with van der Waals surface area (Å²) in [5.74, 6) is -0.199. The molecule has 0 rings (SSSR count). The van der Waals surface area contributed by atoms with E-state index in [1.165, 1.54) is 0 Å². The smallest absolute Gasteiger partial charge is 0.223 e. The van der Waals surface area contributed by atoms with Crippen LogP contribution in [0.5, 0.6) is 0 Å². The molecule has 11 heteroatoms. The molecule has 0 aliphatic carbocycles. The number of Topliss-reactive ketones (excluding diaryl/α,β-unsaturated/α-hetero) is 1. The molecule has 0 heterocycles. The fourth-order valence-corrected chi connectivity index (χ4v) is 3.57. The van der Waals surface area contributed by atoms with Crippen molar-refractivity contribution in [3.63, 3.8) is 0 Å². The number of aliphatic hydroxyl groups excluding tert-OH is 1. The van der Waals surface area contributed by atoms with E-state index < -0.39 is 17.7 Å². The summed E-state index contributed by atoms with van der Waals surface area (Å²) in [6.45, 7) is 17.7. The van der Waals surface area contributed by atoms with Gasteiger partial charge in [-0.1, -0.05) is 20.8 Å². The number of carbonyl (C=O) groups is 3.